The molecule has 4 nitrogen and oxygen atoms in total. The number of thiazole rings is 1. The molecule has 78 valence electrons. The molecule has 2 N–H and O–H groups in total. The van der Waals surface area contributed by atoms with Crippen LogP contribution < -0.4 is 5.73 Å². The molecular formula is C10H10N2O2S. The van der Waals surface area contributed by atoms with Crippen molar-refractivity contribution in [1.29, 1.82) is 0 Å². The van der Waals surface area contributed by atoms with E-state index in [-0.39, 0.29) is 12.4 Å². The van der Waals surface area contributed by atoms with Crippen LogP contribution in [-0.4, -0.2) is 18.1 Å². The smallest absolute Gasteiger partial charge is 0.309 e. The molecule has 1 heterocycles. The van der Waals surface area contributed by atoms with Crippen molar-refractivity contribution in [2.24, 2.45) is 0 Å². The van der Waals surface area contributed by atoms with Crippen molar-refractivity contribution in [2.45, 2.75) is 6.42 Å². The zero-order valence-electron chi connectivity index (χ0n) is 8.19. The number of anilines is 1. The molecule has 15 heavy (non-hydrogen) atoms. The van der Waals surface area contributed by atoms with Gasteiger partial charge in [-0.1, -0.05) is 17.4 Å². The number of carbonyl (C=O) groups is 1. The van der Waals surface area contributed by atoms with Crippen LogP contribution in [-0.2, 0) is 16.0 Å². The van der Waals surface area contributed by atoms with E-state index >= 15 is 0 Å². The number of nitrogen functional groups attached to an aromatic ring is 1. The second-order valence-electron chi connectivity index (χ2n) is 3.11. The number of nitrogens with two attached hydrogens (primary N) is 1. The van der Waals surface area contributed by atoms with Crippen LogP contribution in [0.15, 0.2) is 18.2 Å². The first-order valence-electron chi connectivity index (χ1n) is 4.41. The lowest BCUT2D eigenvalue weighted by molar-refractivity contribution is -0.139. The monoisotopic (exact) mass is 222 g/mol. The van der Waals surface area contributed by atoms with Crippen LogP contribution in [0.4, 0.5) is 5.13 Å². The van der Waals surface area contributed by atoms with Gasteiger partial charge in [0.1, 0.15) is 0 Å². The topological polar surface area (TPSA) is 65.2 Å². The summed E-state index contributed by atoms with van der Waals surface area (Å²) < 4.78 is 5.62. The molecule has 0 saturated carbocycles. The van der Waals surface area contributed by atoms with E-state index in [9.17, 15) is 4.79 Å². The van der Waals surface area contributed by atoms with E-state index in [1.807, 2.05) is 18.2 Å². The van der Waals surface area contributed by atoms with Crippen molar-refractivity contribution < 1.29 is 9.53 Å². The third kappa shape index (κ3) is 2.07. The first-order valence-corrected chi connectivity index (χ1v) is 5.22. The van der Waals surface area contributed by atoms with Crippen LogP contribution in [0, 0.1) is 0 Å². The molecule has 2 rings (SSSR count). The second-order valence-corrected chi connectivity index (χ2v) is 4.17. The Kier molecular flexibility index (Phi) is 2.55. The van der Waals surface area contributed by atoms with Gasteiger partial charge in [-0.15, -0.1) is 0 Å². The molecule has 0 radical (unpaired) electrons. The lowest BCUT2D eigenvalue weighted by Crippen LogP contribution is -2.04. The number of ether oxygens (including phenoxy) is 1. The maximum atomic E-state index is 11.1. The maximum Gasteiger partial charge on any atom is 0.309 e. The first-order chi connectivity index (χ1) is 7.19. The zero-order chi connectivity index (χ0) is 10.8. The molecule has 1 aromatic carbocycles. The molecule has 2 aromatic rings. The fourth-order valence-corrected chi connectivity index (χ4v) is 2.05. The molecule has 0 amide bonds. The number of carbonyl (C=O) groups excluding carboxylic acids is 1. The van der Waals surface area contributed by atoms with Crippen molar-refractivity contribution in [3.05, 3.63) is 23.8 Å². The van der Waals surface area contributed by atoms with E-state index < -0.39 is 0 Å². The number of aromatic nitrogens is 1. The van der Waals surface area contributed by atoms with Gasteiger partial charge in [0, 0.05) is 0 Å². The number of nitrogens with zero attached hydrogens (tertiary/aromatic N) is 1. The average molecular weight is 222 g/mol. The van der Waals surface area contributed by atoms with E-state index in [0.29, 0.717) is 5.13 Å². The van der Waals surface area contributed by atoms with Gasteiger partial charge in [0.25, 0.3) is 0 Å². The Morgan fingerprint density at radius 1 is 1.60 bits per heavy atom. The largest absolute Gasteiger partial charge is 0.469 e. The zero-order valence-corrected chi connectivity index (χ0v) is 9.00. The Morgan fingerprint density at radius 3 is 3.13 bits per heavy atom. The molecule has 0 atom stereocenters. The summed E-state index contributed by atoms with van der Waals surface area (Å²) in [6.45, 7) is 0. The van der Waals surface area contributed by atoms with E-state index in [0.717, 1.165) is 15.8 Å². The van der Waals surface area contributed by atoms with E-state index in [1.165, 1.54) is 18.4 Å². The van der Waals surface area contributed by atoms with Crippen LogP contribution >= 0.6 is 11.3 Å². The third-order valence-corrected chi connectivity index (χ3v) is 2.91. The fraction of sp³-hybridized carbons (Fsp3) is 0.200. The Hall–Kier alpha value is -1.62. The quantitative estimate of drug-likeness (QED) is 0.784. The Balaban J connectivity index is 2.33. The van der Waals surface area contributed by atoms with Crippen molar-refractivity contribution in [3.8, 4) is 0 Å². The minimum Gasteiger partial charge on any atom is -0.469 e. The Bertz CT molecular complexity index is 507. The molecule has 0 aliphatic heterocycles. The van der Waals surface area contributed by atoms with Gasteiger partial charge in [-0.3, -0.25) is 4.79 Å². The summed E-state index contributed by atoms with van der Waals surface area (Å²) in [7, 11) is 1.38. The number of fused-ring (bicyclic) bond motifs is 1. The van der Waals surface area contributed by atoms with Crippen molar-refractivity contribution in [2.75, 3.05) is 12.8 Å². The van der Waals surface area contributed by atoms with Gasteiger partial charge in [-0.05, 0) is 17.7 Å². The molecule has 0 aliphatic rings. The number of hydrogen-bond acceptors (Lipinski definition) is 5. The van der Waals surface area contributed by atoms with Crippen molar-refractivity contribution in [1.82, 2.24) is 4.98 Å². The number of hydrogen-bond donors (Lipinski definition) is 1. The summed E-state index contributed by atoms with van der Waals surface area (Å²) in [5.41, 5.74) is 7.30. The predicted octanol–water partition coefficient (Wildman–Crippen LogP) is 1.59. The number of methoxy groups -OCH3 is 1. The normalized spacial score (nSPS) is 10.5. The van der Waals surface area contributed by atoms with Crippen LogP contribution in [0.3, 0.4) is 0 Å². The van der Waals surface area contributed by atoms with Gasteiger partial charge in [-0.2, -0.15) is 0 Å². The van der Waals surface area contributed by atoms with Gasteiger partial charge in [-0.25, -0.2) is 4.98 Å². The summed E-state index contributed by atoms with van der Waals surface area (Å²) in [5.74, 6) is -0.252. The second kappa shape index (κ2) is 3.86. The average Bonchev–Trinajstić information content (AvgIpc) is 2.57. The highest BCUT2D eigenvalue weighted by Crippen LogP contribution is 2.24. The summed E-state index contributed by atoms with van der Waals surface area (Å²) in [4.78, 5) is 15.2. The van der Waals surface area contributed by atoms with Crippen LogP contribution in [0.5, 0.6) is 0 Å². The lowest BCUT2D eigenvalue weighted by atomic mass is 10.1. The minimum atomic E-state index is -0.252. The molecule has 0 aliphatic carbocycles. The predicted molar refractivity (Wildman–Crippen MR) is 59.8 cm³/mol. The van der Waals surface area contributed by atoms with Gasteiger partial charge >= 0.3 is 5.97 Å². The van der Waals surface area contributed by atoms with E-state index in [4.69, 9.17) is 5.73 Å². The van der Waals surface area contributed by atoms with Gasteiger partial charge in [0.2, 0.25) is 0 Å². The lowest BCUT2D eigenvalue weighted by Gasteiger charge is -1.98. The molecule has 5 heteroatoms. The molecule has 0 fully saturated rings. The Labute approximate surface area is 90.7 Å². The standard InChI is InChI=1S/C10H10N2O2S/c1-14-9(13)5-6-2-3-8-7(4-6)12-10(11)15-8/h2-4H,5H2,1H3,(H2,11,12). The van der Waals surface area contributed by atoms with Gasteiger partial charge < -0.3 is 10.5 Å². The highest BCUT2D eigenvalue weighted by molar-refractivity contribution is 7.22. The van der Waals surface area contributed by atoms with Crippen molar-refractivity contribution in [3.63, 3.8) is 0 Å². The van der Waals surface area contributed by atoms with Crippen molar-refractivity contribution >= 4 is 32.7 Å². The number of esters is 1. The fourth-order valence-electron chi connectivity index (χ4n) is 1.34. The van der Waals surface area contributed by atoms with Gasteiger partial charge in [0.05, 0.1) is 23.7 Å². The third-order valence-electron chi connectivity index (χ3n) is 2.04. The first kappa shape index (κ1) is 9.92. The highest BCUT2D eigenvalue weighted by atomic mass is 32.1. The SMILES string of the molecule is COC(=O)Cc1ccc2sc(N)nc2c1. The Morgan fingerprint density at radius 2 is 2.40 bits per heavy atom. The maximum absolute atomic E-state index is 11.1. The highest BCUT2D eigenvalue weighted by Gasteiger charge is 2.06. The summed E-state index contributed by atoms with van der Waals surface area (Å²) in [6.07, 6.45) is 0.268. The molecule has 1 aromatic heterocycles. The van der Waals surface area contributed by atoms with Gasteiger partial charge in [0.15, 0.2) is 5.13 Å². The number of benzene rings is 1. The molecule has 0 bridgehead atoms. The molecule has 0 unspecified atom stereocenters. The summed E-state index contributed by atoms with van der Waals surface area (Å²) in [5, 5.41) is 0.542. The van der Waals surface area contributed by atoms with Crippen LogP contribution in [0.2, 0.25) is 0 Å². The van der Waals surface area contributed by atoms with E-state index in [2.05, 4.69) is 9.72 Å². The molecular weight excluding hydrogens is 212 g/mol. The summed E-state index contributed by atoms with van der Waals surface area (Å²) >= 11 is 1.44. The number of rotatable bonds is 2. The minimum absolute atomic E-state index is 0.252. The van der Waals surface area contributed by atoms with Crippen LogP contribution in [0.25, 0.3) is 10.2 Å². The summed E-state index contributed by atoms with van der Waals surface area (Å²) in [6, 6.07) is 5.66. The molecule has 0 spiro atoms. The molecule has 0 saturated heterocycles. The van der Waals surface area contributed by atoms with Crippen LogP contribution in [0.1, 0.15) is 5.56 Å². The van der Waals surface area contributed by atoms with E-state index in [1.54, 1.807) is 0 Å².